The molecule has 1 aliphatic heterocycles. The van der Waals surface area contributed by atoms with Crippen LogP contribution in [0, 0.1) is 35.0 Å². The molecule has 1 aromatic carbocycles. The summed E-state index contributed by atoms with van der Waals surface area (Å²) in [6, 6.07) is 10.5. The van der Waals surface area contributed by atoms with Crippen molar-refractivity contribution in [3.8, 4) is 30.2 Å². The molecule has 2 aliphatic rings. The van der Waals surface area contributed by atoms with Crippen molar-refractivity contribution >= 4 is 5.91 Å². The van der Waals surface area contributed by atoms with E-state index in [0.717, 1.165) is 32.1 Å². The van der Waals surface area contributed by atoms with E-state index in [-0.39, 0.29) is 18.5 Å². The maximum absolute atomic E-state index is 12.8. The van der Waals surface area contributed by atoms with Crippen molar-refractivity contribution in [2.75, 3.05) is 6.54 Å². The number of terminal acetylenes is 1. The first-order chi connectivity index (χ1) is 13.6. The molecular formula is C22H24N4O2. The van der Waals surface area contributed by atoms with Gasteiger partial charge in [-0.25, -0.2) is 0 Å². The zero-order valence-corrected chi connectivity index (χ0v) is 15.9. The van der Waals surface area contributed by atoms with Crippen LogP contribution in [0.5, 0.6) is 5.75 Å². The van der Waals surface area contributed by atoms with Crippen LogP contribution in [0.4, 0.5) is 0 Å². The molecule has 28 heavy (non-hydrogen) atoms. The maximum Gasteiger partial charge on any atom is 0.238 e. The number of nitrogens with zero attached hydrogens (tertiary/aromatic N) is 3. The maximum atomic E-state index is 12.8. The lowest BCUT2D eigenvalue weighted by Crippen LogP contribution is -2.55. The van der Waals surface area contributed by atoms with Gasteiger partial charge in [-0.3, -0.25) is 10.1 Å². The van der Waals surface area contributed by atoms with Crippen LogP contribution < -0.4 is 10.1 Å². The fourth-order valence-corrected chi connectivity index (χ4v) is 4.07. The lowest BCUT2D eigenvalue weighted by atomic mass is 9.91. The van der Waals surface area contributed by atoms with Gasteiger partial charge < -0.3 is 9.64 Å². The third-order valence-corrected chi connectivity index (χ3v) is 5.51. The van der Waals surface area contributed by atoms with Gasteiger partial charge in [0.2, 0.25) is 5.91 Å². The largest absolute Gasteiger partial charge is 0.473 e. The molecule has 3 rings (SSSR count). The molecule has 1 aromatic rings. The Hall–Kier alpha value is -3.01. The summed E-state index contributed by atoms with van der Waals surface area (Å²) in [4.78, 5) is 14.4. The van der Waals surface area contributed by atoms with Gasteiger partial charge in [0.1, 0.15) is 11.8 Å². The highest BCUT2D eigenvalue weighted by molar-refractivity contribution is 5.80. The Labute approximate surface area is 166 Å². The summed E-state index contributed by atoms with van der Waals surface area (Å²) >= 11 is 0. The summed E-state index contributed by atoms with van der Waals surface area (Å²) in [5.41, 5.74) is -0.125. The first-order valence-corrected chi connectivity index (χ1v) is 9.72. The van der Waals surface area contributed by atoms with Crippen LogP contribution in [-0.4, -0.2) is 35.2 Å². The number of hydrogen-bond acceptors (Lipinski definition) is 5. The van der Waals surface area contributed by atoms with Crippen LogP contribution in [0.3, 0.4) is 0 Å². The summed E-state index contributed by atoms with van der Waals surface area (Å²) < 4.78 is 6.27. The van der Waals surface area contributed by atoms with Gasteiger partial charge in [-0.2, -0.15) is 10.5 Å². The number of nitrogens with one attached hydrogen (secondary N) is 1. The van der Waals surface area contributed by atoms with Crippen molar-refractivity contribution in [1.82, 2.24) is 10.2 Å². The van der Waals surface area contributed by atoms with E-state index in [9.17, 15) is 10.1 Å². The Balaban J connectivity index is 1.72. The van der Waals surface area contributed by atoms with Crippen LogP contribution in [0.25, 0.3) is 0 Å². The smallest absolute Gasteiger partial charge is 0.238 e. The molecule has 2 atom stereocenters. The molecular weight excluding hydrogens is 352 g/mol. The highest BCUT2D eigenvalue weighted by Crippen LogP contribution is 2.32. The van der Waals surface area contributed by atoms with E-state index in [0.29, 0.717) is 24.2 Å². The van der Waals surface area contributed by atoms with Crippen LogP contribution in [-0.2, 0) is 4.79 Å². The molecule has 2 fully saturated rings. The normalized spacial score (nSPS) is 23.2. The van der Waals surface area contributed by atoms with E-state index >= 15 is 0 Å². The van der Waals surface area contributed by atoms with Gasteiger partial charge in [0, 0.05) is 12.8 Å². The summed E-state index contributed by atoms with van der Waals surface area (Å²) in [6.45, 7) is 0.0638. The van der Waals surface area contributed by atoms with Gasteiger partial charge in [0.25, 0.3) is 0 Å². The predicted molar refractivity (Wildman–Crippen MR) is 104 cm³/mol. The molecule has 1 heterocycles. The van der Waals surface area contributed by atoms with Gasteiger partial charge in [0.05, 0.1) is 30.3 Å². The Kier molecular flexibility index (Phi) is 6.19. The Morgan fingerprint density at radius 3 is 2.68 bits per heavy atom. The lowest BCUT2D eigenvalue weighted by molar-refractivity contribution is -0.133. The third kappa shape index (κ3) is 4.28. The average molecular weight is 376 g/mol. The van der Waals surface area contributed by atoms with Crippen molar-refractivity contribution in [1.29, 1.82) is 10.5 Å². The standard InChI is InChI=1S/C22H24N4O2/c1-2-18-9-10-19(15-24)26(18)21(27)16-25-22(11-4-3-5-12-22)28-20-8-6-7-17(13-20)14-23/h1,6-8,13,18-19,25H,3-5,9-12,16H2/t18-,19+/m0/s1. The molecule has 6 heteroatoms. The Bertz CT molecular complexity index is 817. The summed E-state index contributed by atoms with van der Waals surface area (Å²) in [6.07, 6.45) is 11.5. The summed E-state index contributed by atoms with van der Waals surface area (Å²) in [7, 11) is 0. The molecule has 0 bridgehead atoms. The van der Waals surface area contributed by atoms with Crippen LogP contribution in [0.1, 0.15) is 50.5 Å². The summed E-state index contributed by atoms with van der Waals surface area (Å²) in [5, 5.41) is 21.8. The van der Waals surface area contributed by atoms with Crippen molar-refractivity contribution in [3.63, 3.8) is 0 Å². The van der Waals surface area contributed by atoms with Crippen molar-refractivity contribution < 1.29 is 9.53 Å². The first-order valence-electron chi connectivity index (χ1n) is 9.72. The number of amides is 1. The molecule has 1 N–H and O–H groups in total. The number of nitriles is 2. The van der Waals surface area contributed by atoms with Gasteiger partial charge in [-0.05, 0) is 43.9 Å². The second kappa shape index (κ2) is 8.79. The van der Waals surface area contributed by atoms with Crippen molar-refractivity contribution in [2.45, 2.75) is 62.8 Å². The average Bonchev–Trinajstić information content (AvgIpc) is 3.16. The number of benzene rings is 1. The van der Waals surface area contributed by atoms with Gasteiger partial charge in [-0.15, -0.1) is 6.42 Å². The van der Waals surface area contributed by atoms with Gasteiger partial charge >= 0.3 is 0 Å². The molecule has 144 valence electrons. The van der Waals surface area contributed by atoms with E-state index in [1.807, 2.05) is 6.07 Å². The highest BCUT2D eigenvalue weighted by atomic mass is 16.5. The predicted octanol–water partition coefficient (Wildman–Crippen LogP) is 2.70. The SMILES string of the molecule is C#C[C@H]1CC[C@H](C#N)N1C(=O)CNC1(Oc2cccc(C#N)c2)CCCCC1. The van der Waals surface area contributed by atoms with E-state index in [1.165, 1.54) is 4.90 Å². The molecule has 1 saturated carbocycles. The number of carbonyl (C=O) groups excluding carboxylic acids is 1. The molecule has 1 amide bonds. The summed E-state index contributed by atoms with van der Waals surface area (Å²) in [5.74, 6) is 3.06. The first kappa shape index (κ1) is 19.7. The zero-order chi connectivity index (χ0) is 20.0. The minimum absolute atomic E-state index is 0.0638. The second-order valence-corrected chi connectivity index (χ2v) is 7.36. The van der Waals surface area contributed by atoms with Crippen LogP contribution in [0.2, 0.25) is 0 Å². The molecule has 0 radical (unpaired) electrons. The minimum atomic E-state index is -0.657. The Morgan fingerprint density at radius 1 is 1.25 bits per heavy atom. The van der Waals surface area contributed by atoms with Gasteiger partial charge in [-0.1, -0.05) is 18.4 Å². The van der Waals surface area contributed by atoms with E-state index in [4.69, 9.17) is 16.4 Å². The van der Waals surface area contributed by atoms with E-state index < -0.39 is 11.8 Å². The van der Waals surface area contributed by atoms with Crippen LogP contribution >= 0.6 is 0 Å². The van der Waals surface area contributed by atoms with E-state index in [1.54, 1.807) is 18.2 Å². The fraction of sp³-hybridized carbons (Fsp3) is 0.500. The molecule has 6 nitrogen and oxygen atoms in total. The molecule has 0 aromatic heterocycles. The quantitative estimate of drug-likeness (QED) is 0.630. The lowest BCUT2D eigenvalue weighted by Gasteiger charge is -2.39. The topological polar surface area (TPSA) is 89.2 Å². The minimum Gasteiger partial charge on any atom is -0.473 e. The number of hydrogen-bond donors (Lipinski definition) is 1. The number of carbonyl (C=O) groups is 1. The molecule has 0 spiro atoms. The van der Waals surface area contributed by atoms with Crippen LogP contribution in [0.15, 0.2) is 24.3 Å². The van der Waals surface area contributed by atoms with E-state index in [2.05, 4.69) is 23.4 Å². The highest BCUT2D eigenvalue weighted by Gasteiger charge is 2.39. The number of rotatable bonds is 5. The third-order valence-electron chi connectivity index (χ3n) is 5.51. The Morgan fingerprint density at radius 2 is 2.00 bits per heavy atom. The fourth-order valence-electron chi connectivity index (χ4n) is 4.07. The van der Waals surface area contributed by atoms with Crippen molar-refractivity contribution in [3.05, 3.63) is 29.8 Å². The van der Waals surface area contributed by atoms with Crippen molar-refractivity contribution in [2.24, 2.45) is 0 Å². The molecule has 0 unspecified atom stereocenters. The molecule has 1 saturated heterocycles. The number of ether oxygens (including phenoxy) is 1. The van der Waals surface area contributed by atoms with Gasteiger partial charge in [0.15, 0.2) is 5.72 Å². The molecule has 1 aliphatic carbocycles. The zero-order valence-electron chi connectivity index (χ0n) is 15.9. The monoisotopic (exact) mass is 376 g/mol. The number of likely N-dealkylation sites (tertiary alicyclic amines) is 1. The second-order valence-electron chi connectivity index (χ2n) is 7.36.